The van der Waals surface area contributed by atoms with Gasteiger partial charge in [0, 0.05) is 17.0 Å². The van der Waals surface area contributed by atoms with E-state index in [-0.39, 0.29) is 12.1 Å². The van der Waals surface area contributed by atoms with Crippen LogP contribution in [0.1, 0.15) is 31.9 Å². The minimum absolute atomic E-state index is 0.0927. The molecule has 3 heteroatoms. The third-order valence-corrected chi connectivity index (χ3v) is 4.83. The summed E-state index contributed by atoms with van der Waals surface area (Å²) < 4.78 is 5.88. The largest absolute Gasteiger partial charge is 0.375 e. The first-order chi connectivity index (χ1) is 8.90. The second-order valence-corrected chi connectivity index (χ2v) is 6.35. The van der Waals surface area contributed by atoms with Gasteiger partial charge in [-0.15, -0.1) is 0 Å². The zero-order valence-electron chi connectivity index (χ0n) is 12.2. The first kappa shape index (κ1) is 14.8. The summed E-state index contributed by atoms with van der Waals surface area (Å²) in [5.41, 5.74) is 8.74. The van der Waals surface area contributed by atoms with Gasteiger partial charge in [0.05, 0.1) is 12.2 Å². The molecule has 1 heterocycles. The molecule has 1 aromatic rings. The van der Waals surface area contributed by atoms with Gasteiger partial charge in [-0.3, -0.25) is 0 Å². The van der Waals surface area contributed by atoms with Gasteiger partial charge in [0.1, 0.15) is 0 Å². The summed E-state index contributed by atoms with van der Waals surface area (Å²) in [6.45, 7) is 8.54. The average Bonchev–Trinajstić information content (AvgIpc) is 2.57. The highest BCUT2D eigenvalue weighted by molar-refractivity contribution is 6.31. The van der Waals surface area contributed by atoms with Crippen LogP contribution >= 0.6 is 11.6 Å². The van der Waals surface area contributed by atoms with Gasteiger partial charge < -0.3 is 10.5 Å². The highest BCUT2D eigenvalue weighted by atomic mass is 35.5. The molecule has 1 saturated heterocycles. The van der Waals surface area contributed by atoms with E-state index in [9.17, 15) is 0 Å². The first-order valence-electron chi connectivity index (χ1n) is 7.06. The normalized spacial score (nSPS) is 32.5. The van der Waals surface area contributed by atoms with Crippen LogP contribution < -0.4 is 5.73 Å². The van der Waals surface area contributed by atoms with Crippen LogP contribution in [-0.2, 0) is 11.2 Å². The van der Waals surface area contributed by atoms with Crippen LogP contribution in [0.25, 0.3) is 0 Å². The summed E-state index contributed by atoms with van der Waals surface area (Å²) >= 11 is 6.29. The van der Waals surface area contributed by atoms with Crippen molar-refractivity contribution in [3.63, 3.8) is 0 Å². The van der Waals surface area contributed by atoms with Crippen LogP contribution in [0.4, 0.5) is 0 Å². The molecule has 0 saturated carbocycles. The van der Waals surface area contributed by atoms with Crippen molar-refractivity contribution in [1.82, 2.24) is 0 Å². The molecule has 0 aromatic heterocycles. The Kier molecular flexibility index (Phi) is 4.54. The summed E-state index contributed by atoms with van der Waals surface area (Å²) in [6.07, 6.45) is 1.33. The van der Waals surface area contributed by atoms with Crippen LogP contribution in [0.15, 0.2) is 18.2 Å². The number of ether oxygens (including phenoxy) is 1. The number of hydrogen-bond donors (Lipinski definition) is 1. The van der Waals surface area contributed by atoms with Gasteiger partial charge in [0.15, 0.2) is 0 Å². The molecule has 2 nitrogen and oxygen atoms in total. The second kappa shape index (κ2) is 5.82. The molecule has 1 aliphatic heterocycles. The Balaban J connectivity index is 2.10. The molecule has 5 unspecified atom stereocenters. The van der Waals surface area contributed by atoms with Crippen molar-refractivity contribution in [1.29, 1.82) is 0 Å². The van der Waals surface area contributed by atoms with E-state index in [1.165, 1.54) is 5.56 Å². The highest BCUT2D eigenvalue weighted by Gasteiger charge is 2.40. The Bertz CT molecular complexity index is 448. The first-order valence-corrected chi connectivity index (χ1v) is 7.44. The van der Waals surface area contributed by atoms with Crippen LogP contribution in [0.5, 0.6) is 0 Å². The SMILES string of the molecule is Cc1ccc(CC(N)C2C(C)OC(C)C2C)c(Cl)c1. The topological polar surface area (TPSA) is 35.2 Å². The van der Waals surface area contributed by atoms with Crippen molar-refractivity contribution < 1.29 is 4.74 Å². The number of rotatable bonds is 3. The van der Waals surface area contributed by atoms with Crippen LogP contribution in [-0.4, -0.2) is 18.2 Å². The maximum Gasteiger partial charge on any atom is 0.0597 e. The lowest BCUT2D eigenvalue weighted by Gasteiger charge is -2.26. The van der Waals surface area contributed by atoms with Crippen LogP contribution in [0.2, 0.25) is 5.02 Å². The predicted octanol–water partition coefficient (Wildman–Crippen LogP) is 3.58. The molecule has 5 atom stereocenters. The Morgan fingerprint density at radius 2 is 1.95 bits per heavy atom. The molecule has 1 fully saturated rings. The summed E-state index contributed by atoms with van der Waals surface area (Å²) in [6, 6.07) is 6.28. The Hall–Kier alpha value is -0.570. The molecule has 0 spiro atoms. The fourth-order valence-electron chi connectivity index (χ4n) is 3.24. The summed E-state index contributed by atoms with van der Waals surface area (Å²) in [7, 11) is 0. The Morgan fingerprint density at radius 1 is 1.26 bits per heavy atom. The molecule has 0 bridgehead atoms. The lowest BCUT2D eigenvalue weighted by atomic mass is 9.81. The number of halogens is 1. The van der Waals surface area contributed by atoms with E-state index in [2.05, 4.69) is 32.9 Å². The Labute approximate surface area is 121 Å². The second-order valence-electron chi connectivity index (χ2n) is 5.95. The van der Waals surface area contributed by atoms with E-state index >= 15 is 0 Å². The lowest BCUT2D eigenvalue weighted by molar-refractivity contribution is 0.0490. The van der Waals surface area contributed by atoms with Crippen molar-refractivity contribution >= 4 is 11.6 Å². The van der Waals surface area contributed by atoms with Gasteiger partial charge >= 0.3 is 0 Å². The molecule has 0 amide bonds. The number of hydrogen-bond acceptors (Lipinski definition) is 2. The average molecular weight is 282 g/mol. The van der Waals surface area contributed by atoms with Gasteiger partial charge in [-0.2, -0.15) is 0 Å². The van der Waals surface area contributed by atoms with E-state index < -0.39 is 0 Å². The van der Waals surface area contributed by atoms with Crippen molar-refractivity contribution in [2.75, 3.05) is 0 Å². The quantitative estimate of drug-likeness (QED) is 0.919. The van der Waals surface area contributed by atoms with E-state index in [1.807, 2.05) is 13.0 Å². The van der Waals surface area contributed by atoms with Gasteiger partial charge in [0.25, 0.3) is 0 Å². The third-order valence-electron chi connectivity index (χ3n) is 4.48. The van der Waals surface area contributed by atoms with Crippen molar-refractivity contribution in [3.8, 4) is 0 Å². The standard InChI is InChI=1S/C16H24ClNO/c1-9-5-6-13(14(17)7-9)8-15(18)16-10(2)11(3)19-12(16)4/h5-7,10-12,15-16H,8,18H2,1-4H3. The van der Waals surface area contributed by atoms with Gasteiger partial charge in [-0.1, -0.05) is 30.7 Å². The molecule has 1 aliphatic rings. The van der Waals surface area contributed by atoms with Gasteiger partial charge in [-0.25, -0.2) is 0 Å². The van der Waals surface area contributed by atoms with Crippen LogP contribution in [0.3, 0.4) is 0 Å². The third kappa shape index (κ3) is 3.13. The number of aryl methyl sites for hydroxylation is 1. The van der Waals surface area contributed by atoms with Crippen molar-refractivity contribution in [3.05, 3.63) is 34.3 Å². The maximum atomic E-state index is 6.42. The van der Waals surface area contributed by atoms with Crippen molar-refractivity contribution in [2.24, 2.45) is 17.6 Å². The lowest BCUT2D eigenvalue weighted by Crippen LogP contribution is -2.39. The number of benzene rings is 1. The fraction of sp³-hybridized carbons (Fsp3) is 0.625. The molecule has 19 heavy (non-hydrogen) atoms. The summed E-state index contributed by atoms with van der Waals surface area (Å²) in [4.78, 5) is 0. The number of nitrogens with two attached hydrogens (primary N) is 1. The molecular formula is C16H24ClNO. The minimum atomic E-state index is 0.0927. The Morgan fingerprint density at radius 3 is 2.47 bits per heavy atom. The van der Waals surface area contributed by atoms with E-state index in [0.29, 0.717) is 17.9 Å². The van der Waals surface area contributed by atoms with Crippen molar-refractivity contribution in [2.45, 2.75) is 52.4 Å². The molecular weight excluding hydrogens is 258 g/mol. The fourth-order valence-corrected chi connectivity index (χ4v) is 3.55. The summed E-state index contributed by atoms with van der Waals surface area (Å²) in [5, 5.41) is 0.822. The summed E-state index contributed by atoms with van der Waals surface area (Å²) in [5.74, 6) is 0.890. The molecule has 1 aromatic carbocycles. The molecule has 2 N–H and O–H groups in total. The molecule has 0 aliphatic carbocycles. The highest BCUT2D eigenvalue weighted by Crippen LogP contribution is 2.35. The smallest absolute Gasteiger partial charge is 0.0597 e. The van der Waals surface area contributed by atoms with E-state index in [4.69, 9.17) is 22.1 Å². The van der Waals surface area contributed by atoms with E-state index in [1.54, 1.807) is 0 Å². The molecule has 2 rings (SSSR count). The van der Waals surface area contributed by atoms with Gasteiger partial charge in [-0.05, 0) is 50.3 Å². The van der Waals surface area contributed by atoms with Gasteiger partial charge in [0.2, 0.25) is 0 Å². The molecule has 0 radical (unpaired) electrons. The maximum absolute atomic E-state index is 6.42. The zero-order valence-corrected chi connectivity index (χ0v) is 12.9. The zero-order chi connectivity index (χ0) is 14.2. The monoisotopic (exact) mass is 281 g/mol. The minimum Gasteiger partial charge on any atom is -0.375 e. The molecule has 106 valence electrons. The van der Waals surface area contributed by atoms with E-state index in [0.717, 1.165) is 17.0 Å². The van der Waals surface area contributed by atoms with Crippen LogP contribution in [0, 0.1) is 18.8 Å². The predicted molar refractivity (Wildman–Crippen MR) is 80.5 cm³/mol.